The predicted molar refractivity (Wildman–Crippen MR) is 203 cm³/mol. The first kappa shape index (κ1) is 38.8. The molecule has 0 fully saturated rings. The third-order valence-electron chi connectivity index (χ3n) is 9.67. The second kappa shape index (κ2) is 19.4. The summed E-state index contributed by atoms with van der Waals surface area (Å²) in [6, 6.07) is 12.8. The molecule has 2 aromatic carbocycles. The first-order valence-electron chi connectivity index (χ1n) is 19.2. The highest BCUT2D eigenvalue weighted by molar-refractivity contribution is 5.84. The molecule has 0 bridgehead atoms. The van der Waals surface area contributed by atoms with Gasteiger partial charge in [0.2, 0.25) is 17.7 Å². The zero-order chi connectivity index (χ0) is 35.9. The summed E-state index contributed by atoms with van der Waals surface area (Å²) in [6.45, 7) is 8.32. The zero-order valence-electron chi connectivity index (χ0n) is 31.0. The van der Waals surface area contributed by atoms with E-state index in [-0.39, 0.29) is 35.3 Å². The van der Waals surface area contributed by atoms with Gasteiger partial charge in [0, 0.05) is 23.6 Å². The largest absolute Gasteiger partial charge is 0.505 e. The van der Waals surface area contributed by atoms with E-state index in [0.29, 0.717) is 24.1 Å². The van der Waals surface area contributed by atoms with E-state index < -0.39 is 0 Å². The lowest BCUT2D eigenvalue weighted by molar-refractivity contribution is -0.117. The number of phenolic OH excluding ortho intramolecular Hbond substituents is 1. The summed E-state index contributed by atoms with van der Waals surface area (Å²) in [7, 11) is 0. The number of nitrogens with zero attached hydrogens (tertiary/aromatic N) is 4. The highest BCUT2D eigenvalue weighted by atomic mass is 16.3. The number of phenols is 1. The number of fused-ring (bicyclic) bond motifs is 1. The molecule has 4 aromatic rings. The van der Waals surface area contributed by atoms with Crippen molar-refractivity contribution in [3.8, 4) is 23.2 Å². The summed E-state index contributed by atoms with van der Waals surface area (Å²) in [5, 5.41) is 41.6. The van der Waals surface area contributed by atoms with Gasteiger partial charge in [0.1, 0.15) is 22.5 Å². The summed E-state index contributed by atoms with van der Waals surface area (Å²) in [6.07, 6.45) is 21.9. The fourth-order valence-electron chi connectivity index (χ4n) is 6.65. The quantitative estimate of drug-likeness (QED) is 0.0610. The molecule has 50 heavy (non-hydrogen) atoms. The molecule has 0 saturated heterocycles. The molecule has 4 rings (SSSR count). The van der Waals surface area contributed by atoms with Crippen molar-refractivity contribution in [1.82, 2.24) is 19.7 Å². The molecule has 9 heteroatoms. The van der Waals surface area contributed by atoms with Gasteiger partial charge in [0.05, 0.1) is 0 Å². The van der Waals surface area contributed by atoms with E-state index in [4.69, 9.17) is 0 Å². The van der Waals surface area contributed by atoms with Crippen LogP contribution >= 0.6 is 0 Å². The van der Waals surface area contributed by atoms with Crippen LogP contribution in [0.2, 0.25) is 0 Å². The third-order valence-corrected chi connectivity index (χ3v) is 9.67. The van der Waals surface area contributed by atoms with Gasteiger partial charge >= 0.3 is 0 Å². The maximum Gasteiger partial charge on any atom is 0.239 e. The maximum atomic E-state index is 13.0. The lowest BCUT2D eigenvalue weighted by Crippen LogP contribution is -2.22. The average Bonchev–Trinajstić information content (AvgIpc) is 3.63. The summed E-state index contributed by atoms with van der Waals surface area (Å²) < 4.78 is 1.06. The molecule has 0 radical (unpaired) electrons. The topological polar surface area (TPSA) is 125 Å². The fraction of sp³-hybridized carbons (Fsp3) is 0.585. The van der Waals surface area contributed by atoms with Crippen LogP contribution in [-0.4, -0.2) is 40.9 Å². The number of unbranched alkanes of at least 4 members (excludes halogenated alkanes) is 15. The Labute approximate surface area is 299 Å². The Morgan fingerprint density at radius 1 is 0.720 bits per heavy atom. The molecule has 0 spiro atoms. The van der Waals surface area contributed by atoms with E-state index in [2.05, 4.69) is 22.5 Å². The van der Waals surface area contributed by atoms with Crippen LogP contribution in [0.4, 0.5) is 0 Å². The van der Waals surface area contributed by atoms with Gasteiger partial charge in [-0.05, 0) is 48.4 Å². The number of amides is 1. The van der Waals surface area contributed by atoms with Crippen LogP contribution in [0.3, 0.4) is 0 Å². The SMILES string of the molecule is CCCCCCCCCCCCCCCCCCc1cc(O)n(NC(=O)CCc2cc(-n3nc4ccccc4n3)c(O)c(C(C)(C)C)c2)c1O. The van der Waals surface area contributed by atoms with Crippen LogP contribution in [0.1, 0.15) is 154 Å². The first-order valence-corrected chi connectivity index (χ1v) is 19.2. The van der Waals surface area contributed by atoms with E-state index in [1.807, 2.05) is 51.1 Å². The van der Waals surface area contributed by atoms with E-state index >= 15 is 0 Å². The van der Waals surface area contributed by atoms with Crippen LogP contribution < -0.4 is 5.43 Å². The second-order valence-electron chi connectivity index (χ2n) is 15.0. The van der Waals surface area contributed by atoms with Crippen molar-refractivity contribution >= 4 is 16.9 Å². The highest BCUT2D eigenvalue weighted by Crippen LogP contribution is 2.37. The molecule has 0 atom stereocenters. The van der Waals surface area contributed by atoms with Gasteiger partial charge in [-0.15, -0.1) is 15.0 Å². The lowest BCUT2D eigenvalue weighted by Gasteiger charge is -2.23. The van der Waals surface area contributed by atoms with Crippen molar-refractivity contribution in [3.63, 3.8) is 0 Å². The van der Waals surface area contributed by atoms with Crippen LogP contribution in [-0.2, 0) is 23.1 Å². The normalized spacial score (nSPS) is 11.8. The Hall–Kier alpha value is -4.01. The van der Waals surface area contributed by atoms with Gasteiger partial charge in [-0.2, -0.15) is 4.68 Å². The van der Waals surface area contributed by atoms with Gasteiger partial charge in [0.15, 0.2) is 0 Å². The summed E-state index contributed by atoms with van der Waals surface area (Å²) >= 11 is 0. The van der Waals surface area contributed by atoms with Crippen molar-refractivity contribution in [2.45, 2.75) is 155 Å². The van der Waals surface area contributed by atoms with E-state index in [9.17, 15) is 20.1 Å². The number of nitrogens with one attached hydrogen (secondary N) is 1. The Balaban J connectivity index is 1.19. The minimum absolute atomic E-state index is 0.102. The van der Waals surface area contributed by atoms with Crippen LogP contribution in [0.15, 0.2) is 42.5 Å². The molecule has 4 N–H and O–H groups in total. The van der Waals surface area contributed by atoms with E-state index in [1.165, 1.54) is 101 Å². The fourth-order valence-corrected chi connectivity index (χ4v) is 6.65. The van der Waals surface area contributed by atoms with E-state index in [0.717, 1.165) is 39.7 Å². The molecular formula is C41H61N5O4. The van der Waals surface area contributed by atoms with Gasteiger partial charge in [0.25, 0.3) is 0 Å². The predicted octanol–water partition coefficient (Wildman–Crippen LogP) is 10.1. The standard InChI is InChI=1S/C41H61N5O4/c1-5-6-7-8-9-10-11-12-13-14-15-16-17-18-19-20-23-32-30-38(48)45(40(32)50)44-37(47)27-26-31-28-33(41(2,3)4)39(49)36(29-31)46-42-34-24-21-22-25-35(34)43-46/h21-22,24-25,28-30,48-50H,5-20,23,26-27H2,1-4H3,(H,44,47). The summed E-state index contributed by atoms with van der Waals surface area (Å²) in [4.78, 5) is 14.4. The number of hydrogen-bond donors (Lipinski definition) is 4. The number of rotatable bonds is 22. The molecule has 274 valence electrons. The molecule has 0 aliphatic carbocycles. The number of aryl methyl sites for hydroxylation is 2. The van der Waals surface area contributed by atoms with Crippen molar-refractivity contribution in [3.05, 3.63) is 59.2 Å². The number of aromatic hydroxyl groups is 3. The first-order chi connectivity index (χ1) is 24.1. The van der Waals surface area contributed by atoms with Gasteiger partial charge in [-0.3, -0.25) is 10.2 Å². The second-order valence-corrected chi connectivity index (χ2v) is 15.0. The average molecular weight is 688 g/mol. The molecule has 2 heterocycles. The minimum atomic E-state index is -0.366. The number of hydrogen-bond acceptors (Lipinski definition) is 6. The molecule has 1 amide bonds. The van der Waals surface area contributed by atoms with Crippen LogP contribution in [0.25, 0.3) is 16.7 Å². The van der Waals surface area contributed by atoms with Crippen molar-refractivity contribution in [2.24, 2.45) is 0 Å². The monoisotopic (exact) mass is 687 g/mol. The van der Waals surface area contributed by atoms with Gasteiger partial charge < -0.3 is 15.3 Å². The van der Waals surface area contributed by atoms with Crippen molar-refractivity contribution in [2.75, 3.05) is 5.43 Å². The zero-order valence-corrected chi connectivity index (χ0v) is 31.0. The molecule has 9 nitrogen and oxygen atoms in total. The van der Waals surface area contributed by atoms with E-state index in [1.54, 1.807) is 6.07 Å². The maximum absolute atomic E-state index is 13.0. The van der Waals surface area contributed by atoms with Crippen molar-refractivity contribution in [1.29, 1.82) is 0 Å². The lowest BCUT2D eigenvalue weighted by atomic mass is 9.84. The highest BCUT2D eigenvalue weighted by Gasteiger charge is 2.24. The number of benzene rings is 2. The van der Waals surface area contributed by atoms with Gasteiger partial charge in [-0.25, -0.2) is 0 Å². The molecule has 0 unspecified atom stereocenters. The summed E-state index contributed by atoms with van der Waals surface area (Å²) in [5.74, 6) is -0.572. The van der Waals surface area contributed by atoms with Crippen molar-refractivity contribution < 1.29 is 20.1 Å². The number of carbonyl (C=O) groups excluding carboxylic acids is 1. The van der Waals surface area contributed by atoms with Crippen LogP contribution in [0.5, 0.6) is 17.5 Å². The van der Waals surface area contributed by atoms with Gasteiger partial charge in [-0.1, -0.05) is 142 Å². The molecular weight excluding hydrogens is 626 g/mol. The van der Waals surface area contributed by atoms with Crippen LogP contribution in [0, 0.1) is 0 Å². The third kappa shape index (κ3) is 11.5. The molecule has 0 aliphatic heterocycles. The Bertz CT molecular complexity index is 1600. The molecule has 2 aromatic heterocycles. The minimum Gasteiger partial charge on any atom is -0.505 e. The summed E-state index contributed by atoms with van der Waals surface area (Å²) in [5.41, 5.74) is 6.36. The number of aromatic nitrogens is 4. The molecule has 0 aliphatic rings. The Morgan fingerprint density at radius 3 is 1.76 bits per heavy atom. The Morgan fingerprint density at radius 2 is 1.24 bits per heavy atom. The smallest absolute Gasteiger partial charge is 0.239 e. The molecule has 0 saturated carbocycles. The number of carbonyl (C=O) groups is 1. The Kier molecular flexibility index (Phi) is 15.0.